The fourth-order valence-corrected chi connectivity index (χ4v) is 3.89. The van der Waals surface area contributed by atoms with E-state index in [9.17, 15) is 9.36 Å². The minimum absolute atomic E-state index is 0.216. The van der Waals surface area contributed by atoms with E-state index in [-0.39, 0.29) is 12.5 Å². The number of carbonyl (C=O) groups excluding carboxylic acids is 1. The minimum Gasteiger partial charge on any atom is -0.449 e. The second-order valence-electron chi connectivity index (χ2n) is 5.65. The zero-order chi connectivity index (χ0) is 15.7. The molecular formula is C15H18N3O3P. The van der Waals surface area contributed by atoms with Crippen LogP contribution in [0.5, 0.6) is 0 Å². The van der Waals surface area contributed by atoms with E-state index < -0.39 is 13.7 Å². The summed E-state index contributed by atoms with van der Waals surface area (Å²) in [4.78, 5) is 11.8. The van der Waals surface area contributed by atoms with Crippen LogP contribution in [-0.4, -0.2) is 12.7 Å². The van der Waals surface area contributed by atoms with Crippen molar-refractivity contribution < 1.29 is 14.1 Å². The molecule has 1 aliphatic heterocycles. The van der Waals surface area contributed by atoms with Crippen LogP contribution in [0.3, 0.4) is 0 Å². The molecule has 1 amide bonds. The van der Waals surface area contributed by atoms with Gasteiger partial charge in [0.2, 0.25) is 0 Å². The summed E-state index contributed by atoms with van der Waals surface area (Å²) in [6.07, 6.45) is -0.705. The maximum atomic E-state index is 12.9. The fourth-order valence-electron chi connectivity index (χ4n) is 2.35. The summed E-state index contributed by atoms with van der Waals surface area (Å²) in [5.74, 6) is 0.216. The molecule has 3 N–H and O–H groups in total. The maximum Gasteiger partial charge on any atom is 0.415 e. The monoisotopic (exact) mass is 319 g/mol. The van der Waals surface area contributed by atoms with E-state index in [0.29, 0.717) is 0 Å². The number of ether oxygens (including phenoxy) is 1. The van der Waals surface area contributed by atoms with Gasteiger partial charge in [0.1, 0.15) is 0 Å². The first kappa shape index (κ1) is 14.7. The average Bonchev–Trinajstić information content (AvgIpc) is 2.45. The quantitative estimate of drug-likeness (QED) is 0.740. The predicted octanol–water partition coefficient (Wildman–Crippen LogP) is 4.17. The highest BCUT2D eigenvalue weighted by Gasteiger charge is 2.31. The Morgan fingerprint density at radius 1 is 1.18 bits per heavy atom. The number of carbonyl (C=O) groups is 1. The van der Waals surface area contributed by atoms with Gasteiger partial charge in [0.25, 0.3) is 0 Å². The van der Waals surface area contributed by atoms with Crippen LogP contribution in [0.4, 0.5) is 16.2 Å². The topological polar surface area (TPSA) is 79.5 Å². The minimum atomic E-state index is -3.35. The summed E-state index contributed by atoms with van der Waals surface area (Å²) >= 11 is 0. The molecule has 3 rings (SSSR count). The van der Waals surface area contributed by atoms with Gasteiger partial charge < -0.3 is 14.9 Å². The summed E-state index contributed by atoms with van der Waals surface area (Å²) in [6, 6.07) is 11.4. The van der Waals surface area contributed by atoms with Crippen LogP contribution in [0, 0.1) is 5.92 Å². The number of anilines is 2. The Hall–Kier alpha value is -2.20. The van der Waals surface area contributed by atoms with E-state index in [4.69, 9.17) is 4.74 Å². The fraction of sp³-hybridized carbons (Fsp3) is 0.267. The second kappa shape index (κ2) is 5.54. The number of amides is 1. The molecule has 1 heterocycles. The van der Waals surface area contributed by atoms with Gasteiger partial charge in [0, 0.05) is 5.39 Å². The third-order valence-electron chi connectivity index (χ3n) is 3.26. The van der Waals surface area contributed by atoms with E-state index in [0.717, 1.165) is 22.1 Å². The first-order chi connectivity index (χ1) is 10.5. The molecule has 0 radical (unpaired) electrons. The van der Waals surface area contributed by atoms with Crippen molar-refractivity contribution >= 4 is 35.8 Å². The van der Waals surface area contributed by atoms with E-state index in [1.165, 1.54) is 0 Å². The standard InChI is InChI=1S/C15H18N3O3P/c1-10(2)9-21-15(19)18-22(20)16-12-7-3-5-11-6-4-8-13(17-22)14(11)12/h3-8,10H,9H2,1-2H3,(H3,16,17,18,19,20). The van der Waals surface area contributed by atoms with Crippen molar-refractivity contribution in [3.63, 3.8) is 0 Å². The van der Waals surface area contributed by atoms with Gasteiger partial charge in [-0.15, -0.1) is 0 Å². The summed E-state index contributed by atoms with van der Waals surface area (Å²) in [5.41, 5.74) is 1.44. The molecule has 7 heteroatoms. The van der Waals surface area contributed by atoms with Crippen LogP contribution in [0.25, 0.3) is 10.8 Å². The van der Waals surface area contributed by atoms with E-state index in [1.54, 1.807) is 0 Å². The Morgan fingerprint density at radius 2 is 1.77 bits per heavy atom. The van der Waals surface area contributed by atoms with E-state index >= 15 is 0 Å². The van der Waals surface area contributed by atoms with Gasteiger partial charge in [-0.3, -0.25) is 4.57 Å². The van der Waals surface area contributed by atoms with Gasteiger partial charge in [-0.25, -0.2) is 9.88 Å². The highest BCUT2D eigenvalue weighted by molar-refractivity contribution is 7.65. The third-order valence-corrected chi connectivity index (χ3v) is 4.87. The molecule has 0 aromatic heterocycles. The van der Waals surface area contributed by atoms with Gasteiger partial charge in [0.05, 0.1) is 18.0 Å². The van der Waals surface area contributed by atoms with Crippen LogP contribution in [-0.2, 0) is 9.30 Å². The van der Waals surface area contributed by atoms with Crippen molar-refractivity contribution in [1.29, 1.82) is 0 Å². The molecule has 0 bridgehead atoms. The zero-order valence-electron chi connectivity index (χ0n) is 12.4. The number of hydrogen-bond acceptors (Lipinski definition) is 3. The Balaban J connectivity index is 1.84. The van der Waals surface area contributed by atoms with Gasteiger partial charge in [-0.2, -0.15) is 0 Å². The van der Waals surface area contributed by atoms with Crippen LogP contribution in [0.2, 0.25) is 0 Å². The molecule has 6 nitrogen and oxygen atoms in total. The number of nitrogens with one attached hydrogen (secondary N) is 3. The molecule has 0 aliphatic carbocycles. The second-order valence-corrected chi connectivity index (χ2v) is 7.54. The Labute approximate surface area is 128 Å². The largest absolute Gasteiger partial charge is 0.449 e. The van der Waals surface area contributed by atoms with Crippen molar-refractivity contribution in [2.75, 3.05) is 16.8 Å². The molecule has 2 aromatic carbocycles. The zero-order valence-corrected chi connectivity index (χ0v) is 13.3. The Bertz CT molecular complexity index is 731. The third kappa shape index (κ3) is 2.88. The molecule has 0 saturated carbocycles. The lowest BCUT2D eigenvalue weighted by molar-refractivity contribution is 0.139. The normalized spacial score (nSPS) is 15.0. The smallest absolute Gasteiger partial charge is 0.415 e. The van der Waals surface area contributed by atoms with E-state index in [2.05, 4.69) is 15.3 Å². The van der Waals surface area contributed by atoms with Gasteiger partial charge in [-0.05, 0) is 23.4 Å². The molecule has 1 aliphatic rings. The summed E-state index contributed by atoms with van der Waals surface area (Å²) in [5, 5.41) is 10.2. The first-order valence-corrected chi connectivity index (χ1v) is 8.81. The molecule has 0 fully saturated rings. The van der Waals surface area contributed by atoms with Crippen LogP contribution in [0.1, 0.15) is 13.8 Å². The molecule has 0 atom stereocenters. The summed E-state index contributed by atoms with van der Waals surface area (Å²) in [6.45, 7) is 4.14. The number of rotatable bonds is 3. The van der Waals surface area contributed by atoms with Crippen molar-refractivity contribution in [3.05, 3.63) is 36.4 Å². The SMILES string of the molecule is CC(C)COC(=O)NP1(=O)Nc2cccc3cccc(c23)N1. The van der Waals surface area contributed by atoms with Gasteiger partial charge >= 0.3 is 13.7 Å². The van der Waals surface area contributed by atoms with Crippen molar-refractivity contribution in [2.45, 2.75) is 13.8 Å². The lowest BCUT2D eigenvalue weighted by Gasteiger charge is -2.29. The molecule has 2 aromatic rings. The first-order valence-electron chi connectivity index (χ1n) is 7.10. The van der Waals surface area contributed by atoms with Crippen molar-refractivity contribution in [2.24, 2.45) is 5.92 Å². The van der Waals surface area contributed by atoms with Crippen molar-refractivity contribution in [1.82, 2.24) is 5.09 Å². The lowest BCUT2D eigenvalue weighted by atomic mass is 10.1. The molecule has 116 valence electrons. The molecule has 0 saturated heterocycles. The maximum absolute atomic E-state index is 12.9. The predicted molar refractivity (Wildman–Crippen MR) is 88.1 cm³/mol. The highest BCUT2D eigenvalue weighted by Crippen LogP contribution is 2.50. The van der Waals surface area contributed by atoms with Crippen LogP contribution < -0.4 is 15.3 Å². The van der Waals surface area contributed by atoms with Crippen molar-refractivity contribution in [3.8, 4) is 0 Å². The molecule has 0 unspecified atom stereocenters. The molecular weight excluding hydrogens is 301 g/mol. The number of hydrogen-bond donors (Lipinski definition) is 3. The summed E-state index contributed by atoms with van der Waals surface area (Å²) < 4.78 is 17.9. The average molecular weight is 319 g/mol. The van der Waals surface area contributed by atoms with Gasteiger partial charge in [-0.1, -0.05) is 38.1 Å². The summed E-state index contributed by atoms with van der Waals surface area (Å²) in [7, 11) is -3.35. The van der Waals surface area contributed by atoms with Crippen LogP contribution >= 0.6 is 7.59 Å². The van der Waals surface area contributed by atoms with Gasteiger partial charge in [0.15, 0.2) is 0 Å². The Kier molecular flexibility index (Phi) is 3.71. The van der Waals surface area contributed by atoms with E-state index in [1.807, 2.05) is 50.2 Å². The molecule has 0 spiro atoms. The lowest BCUT2D eigenvalue weighted by Crippen LogP contribution is -2.30. The highest BCUT2D eigenvalue weighted by atomic mass is 31.2. The molecule has 22 heavy (non-hydrogen) atoms. The Morgan fingerprint density at radius 3 is 2.32 bits per heavy atom. The van der Waals surface area contributed by atoms with Crippen LogP contribution in [0.15, 0.2) is 36.4 Å². The number of benzene rings is 2.